The molecule has 2 heterocycles. The molecule has 8 heteroatoms. The van der Waals surface area contributed by atoms with Gasteiger partial charge in [0.15, 0.2) is 11.6 Å². The monoisotopic (exact) mass is 381 g/mol. The van der Waals surface area contributed by atoms with Crippen LogP contribution in [-0.4, -0.2) is 66.0 Å². The van der Waals surface area contributed by atoms with Gasteiger partial charge >= 0.3 is 0 Å². The summed E-state index contributed by atoms with van der Waals surface area (Å²) in [5, 5.41) is 3.03. The molecule has 1 aromatic rings. The predicted octanol–water partition coefficient (Wildman–Crippen LogP) is 1.45. The summed E-state index contributed by atoms with van der Waals surface area (Å²) in [6.07, 6.45) is 1.71. The van der Waals surface area contributed by atoms with E-state index < -0.39 is 0 Å². The second kappa shape index (κ2) is 8.73. The third-order valence-electron chi connectivity index (χ3n) is 4.73. The molecule has 0 bridgehead atoms. The zero-order chi connectivity index (χ0) is 18.5. The van der Waals surface area contributed by atoms with Crippen molar-refractivity contribution < 1.29 is 18.7 Å². The molecule has 6 nitrogen and oxygen atoms in total. The lowest BCUT2D eigenvalue weighted by atomic mass is 10.0. The second-order valence-electron chi connectivity index (χ2n) is 6.66. The number of nitrogens with zero attached hydrogens (tertiary/aromatic N) is 2. The minimum atomic E-state index is -0.346. The molecule has 0 atom stereocenters. The fraction of sp³-hybridized carbons (Fsp3) is 0.556. The molecule has 3 rings (SSSR count). The number of ether oxygens (including phenoxy) is 1. The summed E-state index contributed by atoms with van der Waals surface area (Å²) in [7, 11) is 1.45. The molecule has 0 unspecified atom stereocenters. The average Bonchev–Trinajstić information content (AvgIpc) is 3.01. The van der Waals surface area contributed by atoms with Crippen LogP contribution in [0.2, 0.25) is 0 Å². The highest BCUT2D eigenvalue weighted by Crippen LogP contribution is 2.20. The third-order valence-corrected chi connectivity index (χ3v) is 5.68. The molecule has 2 aliphatic rings. The number of halogens is 1. The van der Waals surface area contributed by atoms with Crippen molar-refractivity contribution in [3.05, 3.63) is 29.6 Å². The van der Waals surface area contributed by atoms with Crippen LogP contribution in [0.4, 0.5) is 4.39 Å². The van der Waals surface area contributed by atoms with Gasteiger partial charge in [-0.2, -0.15) is 0 Å². The molecular weight excluding hydrogens is 357 g/mol. The van der Waals surface area contributed by atoms with Crippen LogP contribution in [0.5, 0.6) is 5.75 Å². The number of hydrogen-bond acceptors (Lipinski definition) is 5. The zero-order valence-corrected chi connectivity index (χ0v) is 15.7. The number of thioether (sulfide) groups is 1. The average molecular weight is 381 g/mol. The molecule has 1 N–H and O–H groups in total. The number of rotatable bonds is 6. The summed E-state index contributed by atoms with van der Waals surface area (Å²) in [4.78, 5) is 27.5. The number of nitrogens with one attached hydrogen (secondary N) is 1. The normalized spacial score (nSPS) is 19.0. The van der Waals surface area contributed by atoms with Crippen molar-refractivity contribution in [2.24, 2.45) is 0 Å². The van der Waals surface area contributed by atoms with Crippen LogP contribution in [0.15, 0.2) is 18.2 Å². The number of methoxy groups -OCH3 is 1. The van der Waals surface area contributed by atoms with E-state index in [1.165, 1.54) is 24.9 Å². The van der Waals surface area contributed by atoms with E-state index in [0.717, 1.165) is 31.5 Å². The highest BCUT2D eigenvalue weighted by molar-refractivity contribution is 8.00. The largest absolute Gasteiger partial charge is 0.494 e. The van der Waals surface area contributed by atoms with Gasteiger partial charge in [-0.1, -0.05) is 6.07 Å². The number of benzene rings is 1. The molecule has 2 amide bonds. The topological polar surface area (TPSA) is 61.9 Å². The maximum absolute atomic E-state index is 13.8. The summed E-state index contributed by atoms with van der Waals surface area (Å²) >= 11 is 1.54. The quantitative estimate of drug-likeness (QED) is 0.808. The Balaban J connectivity index is 1.42. The van der Waals surface area contributed by atoms with E-state index in [1.807, 2.05) is 6.07 Å². The standard InChI is InChI=1S/C18H24FN3O3S/c1-25-16-3-2-13(8-15(16)19)9-21-6-4-14(5-7-21)20-17(23)10-22-12-26-11-18(22)24/h2-3,8,14H,4-7,9-12H2,1H3,(H,20,23). The van der Waals surface area contributed by atoms with Crippen molar-refractivity contribution in [2.45, 2.75) is 25.4 Å². The summed E-state index contributed by atoms with van der Waals surface area (Å²) in [5.41, 5.74) is 0.913. The van der Waals surface area contributed by atoms with Crippen molar-refractivity contribution in [1.82, 2.24) is 15.1 Å². The van der Waals surface area contributed by atoms with Crippen LogP contribution in [0.25, 0.3) is 0 Å². The van der Waals surface area contributed by atoms with Crippen LogP contribution in [0.1, 0.15) is 18.4 Å². The smallest absolute Gasteiger partial charge is 0.239 e. The molecule has 0 saturated carbocycles. The van der Waals surface area contributed by atoms with E-state index in [-0.39, 0.29) is 36.0 Å². The second-order valence-corrected chi connectivity index (χ2v) is 7.61. The van der Waals surface area contributed by atoms with Gasteiger partial charge in [0, 0.05) is 25.7 Å². The number of piperidine rings is 1. The summed E-state index contributed by atoms with van der Waals surface area (Å²) in [6, 6.07) is 5.17. The SMILES string of the molecule is COc1ccc(CN2CCC(NC(=O)CN3CSCC3=O)CC2)cc1F. The summed E-state index contributed by atoms with van der Waals surface area (Å²) in [6.45, 7) is 2.52. The molecule has 0 spiro atoms. The molecule has 2 fully saturated rings. The maximum Gasteiger partial charge on any atom is 0.239 e. The highest BCUT2D eigenvalue weighted by Gasteiger charge is 2.25. The van der Waals surface area contributed by atoms with Crippen molar-refractivity contribution in [2.75, 3.05) is 38.4 Å². The molecule has 26 heavy (non-hydrogen) atoms. The number of amides is 2. The Labute approximate surface area is 157 Å². The van der Waals surface area contributed by atoms with Crippen molar-refractivity contribution in [3.63, 3.8) is 0 Å². The van der Waals surface area contributed by atoms with Gasteiger partial charge in [-0.15, -0.1) is 11.8 Å². The van der Waals surface area contributed by atoms with Crippen LogP contribution < -0.4 is 10.1 Å². The number of hydrogen-bond donors (Lipinski definition) is 1. The molecule has 2 saturated heterocycles. The zero-order valence-electron chi connectivity index (χ0n) is 14.9. The van der Waals surface area contributed by atoms with Gasteiger partial charge in [0.2, 0.25) is 11.8 Å². The van der Waals surface area contributed by atoms with Gasteiger partial charge in [-0.3, -0.25) is 14.5 Å². The van der Waals surface area contributed by atoms with Crippen LogP contribution in [0.3, 0.4) is 0 Å². The van der Waals surface area contributed by atoms with E-state index in [0.29, 0.717) is 18.2 Å². The Hall–Kier alpha value is -1.80. The predicted molar refractivity (Wildman–Crippen MR) is 98.4 cm³/mol. The molecule has 0 aromatic heterocycles. The first-order valence-corrected chi connectivity index (χ1v) is 9.90. The first kappa shape index (κ1) is 19.0. The third kappa shape index (κ3) is 4.88. The molecule has 142 valence electrons. The first-order valence-electron chi connectivity index (χ1n) is 8.75. The van der Waals surface area contributed by atoms with E-state index >= 15 is 0 Å². The van der Waals surface area contributed by atoms with E-state index in [1.54, 1.807) is 11.0 Å². The van der Waals surface area contributed by atoms with Crippen LogP contribution >= 0.6 is 11.8 Å². The summed E-state index contributed by atoms with van der Waals surface area (Å²) < 4.78 is 18.7. The molecule has 1 aromatic carbocycles. The molecular formula is C18H24FN3O3S. The Morgan fingerprint density at radius 2 is 2.15 bits per heavy atom. The Kier molecular flexibility index (Phi) is 6.37. The lowest BCUT2D eigenvalue weighted by molar-refractivity contribution is -0.132. The van der Waals surface area contributed by atoms with Gasteiger partial charge in [0.05, 0.1) is 18.7 Å². The number of likely N-dealkylation sites (tertiary alicyclic amines) is 1. The molecule has 0 aliphatic carbocycles. The van der Waals surface area contributed by atoms with Gasteiger partial charge in [0.25, 0.3) is 0 Å². The Morgan fingerprint density at radius 1 is 1.38 bits per heavy atom. The van der Waals surface area contributed by atoms with Gasteiger partial charge in [0.1, 0.15) is 6.54 Å². The lowest BCUT2D eigenvalue weighted by Gasteiger charge is -2.32. The minimum Gasteiger partial charge on any atom is -0.494 e. The number of carbonyl (C=O) groups is 2. The van der Waals surface area contributed by atoms with Crippen LogP contribution in [0, 0.1) is 5.82 Å². The fourth-order valence-electron chi connectivity index (χ4n) is 3.29. The van der Waals surface area contributed by atoms with E-state index in [4.69, 9.17) is 4.74 Å². The van der Waals surface area contributed by atoms with Crippen molar-refractivity contribution in [1.29, 1.82) is 0 Å². The van der Waals surface area contributed by atoms with E-state index in [2.05, 4.69) is 10.2 Å². The Bertz CT molecular complexity index is 665. The maximum atomic E-state index is 13.8. The minimum absolute atomic E-state index is 0.0340. The van der Waals surface area contributed by atoms with E-state index in [9.17, 15) is 14.0 Å². The number of carbonyl (C=O) groups excluding carboxylic acids is 2. The van der Waals surface area contributed by atoms with Crippen molar-refractivity contribution >= 4 is 23.6 Å². The fourth-order valence-corrected chi connectivity index (χ4v) is 4.19. The van der Waals surface area contributed by atoms with Gasteiger partial charge < -0.3 is 15.0 Å². The molecule has 2 aliphatic heterocycles. The van der Waals surface area contributed by atoms with Gasteiger partial charge in [-0.05, 0) is 30.5 Å². The first-order chi connectivity index (χ1) is 12.5. The lowest BCUT2D eigenvalue weighted by Crippen LogP contribution is -2.47. The van der Waals surface area contributed by atoms with Gasteiger partial charge in [-0.25, -0.2) is 4.39 Å². The Morgan fingerprint density at radius 3 is 2.77 bits per heavy atom. The highest BCUT2D eigenvalue weighted by atomic mass is 32.2. The van der Waals surface area contributed by atoms with Crippen LogP contribution in [-0.2, 0) is 16.1 Å². The van der Waals surface area contributed by atoms with Crippen molar-refractivity contribution in [3.8, 4) is 5.75 Å². The molecule has 0 radical (unpaired) electrons. The summed E-state index contributed by atoms with van der Waals surface area (Å²) in [5.74, 6) is 0.927.